The van der Waals surface area contributed by atoms with Crippen LogP contribution in [0.25, 0.3) is 0 Å². The minimum Gasteiger partial charge on any atom is -0.366 e. The molecule has 0 bridgehead atoms. The Labute approximate surface area is 156 Å². The zero-order chi connectivity index (χ0) is 18.8. The fourth-order valence-corrected chi connectivity index (χ4v) is 2.88. The number of hydrogen-bond acceptors (Lipinski definition) is 5. The van der Waals surface area contributed by atoms with Gasteiger partial charge in [0.15, 0.2) is 11.9 Å². The Morgan fingerprint density at radius 2 is 1.93 bits per heavy atom. The number of carbonyl (C=O) groups is 2. The highest BCUT2D eigenvalue weighted by atomic mass is 16.2. The van der Waals surface area contributed by atoms with Crippen LogP contribution in [0.2, 0.25) is 0 Å². The van der Waals surface area contributed by atoms with Crippen LogP contribution in [0.4, 0.5) is 11.4 Å². The maximum atomic E-state index is 12.4. The molecule has 0 spiro atoms. The predicted molar refractivity (Wildman–Crippen MR) is 104 cm³/mol. The Morgan fingerprint density at radius 3 is 2.70 bits per heavy atom. The first-order valence-electron chi connectivity index (χ1n) is 8.38. The third-order valence-corrected chi connectivity index (χ3v) is 4.24. The lowest BCUT2D eigenvalue weighted by molar-refractivity contribution is -0.112. The van der Waals surface area contributed by atoms with Crippen molar-refractivity contribution in [3.8, 4) is 0 Å². The monoisotopic (exact) mass is 359 g/mol. The Hall–Kier alpha value is -3.71. The number of nitrogens with zero attached hydrogens (tertiary/aromatic N) is 3. The minimum atomic E-state index is -0.471. The van der Waals surface area contributed by atoms with Crippen molar-refractivity contribution in [2.75, 3.05) is 16.9 Å². The van der Waals surface area contributed by atoms with Gasteiger partial charge in [-0.15, -0.1) is 0 Å². The molecular weight excluding hydrogens is 342 g/mol. The summed E-state index contributed by atoms with van der Waals surface area (Å²) in [5, 5.41) is 2.83. The molecule has 7 heteroatoms. The highest BCUT2D eigenvalue weighted by Gasteiger charge is 2.35. The van der Waals surface area contributed by atoms with E-state index in [9.17, 15) is 9.59 Å². The first-order valence-corrected chi connectivity index (χ1v) is 8.38. The van der Waals surface area contributed by atoms with E-state index in [4.69, 9.17) is 5.73 Å². The molecule has 3 N–H and O–H groups in total. The van der Waals surface area contributed by atoms with Crippen LogP contribution in [0.5, 0.6) is 0 Å². The van der Waals surface area contributed by atoms with E-state index in [1.165, 1.54) is 0 Å². The first kappa shape index (κ1) is 16.7. The quantitative estimate of drug-likeness (QED) is 0.819. The highest BCUT2D eigenvalue weighted by molar-refractivity contribution is 6.10. The summed E-state index contributed by atoms with van der Waals surface area (Å²) < 4.78 is 0. The van der Waals surface area contributed by atoms with E-state index in [2.05, 4.69) is 10.3 Å². The van der Waals surface area contributed by atoms with Gasteiger partial charge in [0.2, 0.25) is 12.6 Å². The maximum Gasteiger partial charge on any atom is 0.285 e. The van der Waals surface area contributed by atoms with E-state index < -0.39 is 5.91 Å². The number of carbonyl (C=O) groups excluding carboxylic acids is 2. The second kappa shape index (κ2) is 6.89. The van der Waals surface area contributed by atoms with Crippen LogP contribution in [0.15, 0.2) is 83.8 Å². The normalized spacial score (nSPS) is 15.8. The summed E-state index contributed by atoms with van der Waals surface area (Å²) in [5.74, 6) is -0.0460. The smallest absolute Gasteiger partial charge is 0.285 e. The highest BCUT2D eigenvalue weighted by Crippen LogP contribution is 2.22. The molecule has 7 nitrogen and oxygen atoms in total. The molecule has 2 aromatic carbocycles. The Balaban J connectivity index is 1.50. The lowest BCUT2D eigenvalue weighted by Gasteiger charge is -2.22. The third kappa shape index (κ3) is 3.49. The summed E-state index contributed by atoms with van der Waals surface area (Å²) in [6.45, 7) is 0.472. The van der Waals surface area contributed by atoms with E-state index in [-0.39, 0.29) is 5.91 Å². The summed E-state index contributed by atoms with van der Waals surface area (Å²) >= 11 is 0. The van der Waals surface area contributed by atoms with E-state index in [0.29, 0.717) is 29.5 Å². The molecule has 2 heterocycles. The molecule has 0 atom stereocenters. The van der Waals surface area contributed by atoms with Gasteiger partial charge in [-0.1, -0.05) is 29.2 Å². The van der Waals surface area contributed by atoms with Gasteiger partial charge in [0, 0.05) is 29.2 Å². The van der Waals surface area contributed by atoms with Crippen molar-refractivity contribution in [2.24, 2.45) is 10.7 Å². The Kier molecular flexibility index (Phi) is 4.27. The molecule has 0 aromatic heterocycles. The lowest BCUT2D eigenvalue weighted by Crippen LogP contribution is -2.41. The molecule has 0 fully saturated rings. The first-order chi connectivity index (χ1) is 13.1. The van der Waals surface area contributed by atoms with E-state index >= 15 is 0 Å². The number of amidine groups is 1. The third-order valence-electron chi connectivity index (χ3n) is 4.24. The molecule has 0 unspecified atom stereocenters. The van der Waals surface area contributed by atoms with E-state index in [1.807, 2.05) is 58.5 Å². The average Bonchev–Trinajstić information content (AvgIpc) is 3.12. The summed E-state index contributed by atoms with van der Waals surface area (Å²) in [6, 6.07) is 16.3. The van der Waals surface area contributed by atoms with Crippen molar-refractivity contribution < 1.29 is 9.59 Å². The van der Waals surface area contributed by atoms with Crippen molar-refractivity contribution in [3.63, 3.8) is 0 Å². The van der Waals surface area contributed by atoms with Gasteiger partial charge in [0.05, 0.1) is 0 Å². The van der Waals surface area contributed by atoms with Crippen LogP contribution in [0.3, 0.4) is 0 Å². The molecule has 2 aliphatic heterocycles. The van der Waals surface area contributed by atoms with Crippen LogP contribution in [-0.4, -0.2) is 24.3 Å². The number of nitrogens with one attached hydrogen (secondary N) is 1. The van der Waals surface area contributed by atoms with Crippen LogP contribution in [-0.2, 0) is 4.79 Å². The average molecular weight is 359 g/mol. The van der Waals surface area contributed by atoms with Gasteiger partial charge in [-0.25, -0.2) is 0 Å². The van der Waals surface area contributed by atoms with Crippen molar-refractivity contribution in [1.29, 1.82) is 0 Å². The number of para-hydroxylation sites is 1. The van der Waals surface area contributed by atoms with Gasteiger partial charge in [-0.2, -0.15) is 4.99 Å². The number of nitrogens with two attached hydrogens (primary N) is 1. The van der Waals surface area contributed by atoms with Crippen LogP contribution in [0.1, 0.15) is 10.4 Å². The van der Waals surface area contributed by atoms with Crippen molar-refractivity contribution in [2.45, 2.75) is 0 Å². The Bertz CT molecular complexity index is 994. The van der Waals surface area contributed by atoms with Crippen LogP contribution >= 0.6 is 0 Å². The Morgan fingerprint density at radius 1 is 1.11 bits per heavy atom. The molecule has 2 aromatic rings. The molecule has 1 radical (unpaired) electrons. The molecule has 133 valence electrons. The molecule has 0 saturated carbocycles. The van der Waals surface area contributed by atoms with Gasteiger partial charge in [-0.05, 0) is 30.3 Å². The largest absolute Gasteiger partial charge is 0.366 e. The molecular formula is C20H17N5O2+. The van der Waals surface area contributed by atoms with Gasteiger partial charge < -0.3 is 11.1 Å². The molecule has 27 heavy (non-hydrogen) atoms. The van der Waals surface area contributed by atoms with E-state index in [1.54, 1.807) is 24.4 Å². The van der Waals surface area contributed by atoms with Crippen LogP contribution in [0, 0.1) is 0 Å². The second-order valence-corrected chi connectivity index (χ2v) is 6.12. The van der Waals surface area contributed by atoms with Gasteiger partial charge in [-0.3, -0.25) is 14.5 Å². The second-order valence-electron chi connectivity index (χ2n) is 6.12. The number of amides is 2. The molecule has 0 aliphatic carbocycles. The number of anilines is 2. The van der Waals surface area contributed by atoms with Gasteiger partial charge >= 0.3 is 0 Å². The van der Waals surface area contributed by atoms with Crippen molar-refractivity contribution >= 4 is 29.0 Å². The topological polar surface area (TPSA) is 93.7 Å². The number of benzene rings is 2. The number of fused-ring (bicyclic) bond motifs is 1. The molecule has 2 amide bonds. The van der Waals surface area contributed by atoms with Crippen LogP contribution < -0.4 is 20.9 Å². The summed E-state index contributed by atoms with van der Waals surface area (Å²) in [4.78, 5) is 32.0. The number of rotatable bonds is 4. The van der Waals surface area contributed by atoms with Gasteiger partial charge in [0.1, 0.15) is 0 Å². The number of aliphatic imine (C=N–C) groups is 1. The van der Waals surface area contributed by atoms with E-state index in [0.717, 1.165) is 5.69 Å². The maximum absolute atomic E-state index is 12.4. The standard InChI is InChI=1S/C20H17N5O2/c21-19(26)14-5-4-8-16(11-14)24-10-9-18-23-17(12-25(18)13-24)20(27)22-15-6-2-1-3-7-15/h1-12H,13H2,(H2,21,26)(H,22,27)/q+1. The zero-order valence-electron chi connectivity index (χ0n) is 14.4. The molecule has 2 aliphatic rings. The summed E-state index contributed by atoms with van der Waals surface area (Å²) in [6.07, 6.45) is 5.39. The predicted octanol–water partition coefficient (Wildman–Crippen LogP) is 2.11. The van der Waals surface area contributed by atoms with Gasteiger partial charge in [0.25, 0.3) is 11.7 Å². The zero-order valence-corrected chi connectivity index (χ0v) is 14.4. The fourth-order valence-electron chi connectivity index (χ4n) is 2.88. The number of primary amides is 1. The van der Waals surface area contributed by atoms with Crippen molar-refractivity contribution in [1.82, 2.24) is 4.90 Å². The summed E-state index contributed by atoms with van der Waals surface area (Å²) in [5.41, 5.74) is 7.68. The SMILES string of the molecule is NC(=O)c1cccc(N2C=CC3=NC(C(=O)Nc4ccccc4)=C[N+]3C2)c1. The minimum absolute atomic E-state index is 0.265. The summed E-state index contributed by atoms with van der Waals surface area (Å²) in [7, 11) is 0. The number of hydrogen-bond donors (Lipinski definition) is 2. The van der Waals surface area contributed by atoms with Crippen molar-refractivity contribution in [3.05, 3.63) is 84.3 Å². The molecule has 0 saturated heterocycles. The lowest BCUT2D eigenvalue weighted by atomic mass is 10.2. The fraction of sp³-hybridized carbons (Fsp3) is 0.0500. The molecule has 4 rings (SSSR count).